The standard InChI is InChI=1S/C29H20Cl2N4OS2/c1-2-17-8-10-18(11-9-17)22-16-37-29(32-22)33-27(36)26-24(31)23-25(19-12-14-20(30)15-13-19)34-35(28(23)38-26)21-6-4-3-5-7-21/h3-16H,2H2,1H3,(H,32,33,36). The Kier molecular flexibility index (Phi) is 6.76. The highest BCUT2D eigenvalue weighted by atomic mass is 35.5. The Morgan fingerprint density at radius 2 is 1.66 bits per heavy atom. The largest absolute Gasteiger partial charge is 0.297 e. The molecule has 0 radical (unpaired) electrons. The Bertz CT molecular complexity index is 1750. The van der Waals surface area contributed by atoms with Gasteiger partial charge in [0.2, 0.25) is 0 Å². The molecule has 3 heterocycles. The molecule has 38 heavy (non-hydrogen) atoms. The highest BCUT2D eigenvalue weighted by molar-refractivity contribution is 7.21. The van der Waals surface area contributed by atoms with E-state index in [1.54, 1.807) is 0 Å². The Balaban J connectivity index is 1.37. The average molecular weight is 576 g/mol. The Morgan fingerprint density at radius 1 is 0.947 bits per heavy atom. The van der Waals surface area contributed by atoms with E-state index in [0.717, 1.165) is 39.1 Å². The number of para-hydroxylation sites is 1. The molecule has 0 atom stereocenters. The maximum Gasteiger partial charge on any atom is 0.269 e. The molecule has 0 saturated heterocycles. The molecule has 5 nitrogen and oxygen atoms in total. The van der Waals surface area contributed by atoms with Crippen molar-refractivity contribution in [3.05, 3.63) is 105 Å². The molecule has 0 spiro atoms. The van der Waals surface area contributed by atoms with Crippen molar-refractivity contribution in [3.63, 3.8) is 0 Å². The molecule has 1 N–H and O–H groups in total. The van der Waals surface area contributed by atoms with Gasteiger partial charge in [-0.05, 0) is 36.2 Å². The van der Waals surface area contributed by atoms with E-state index in [9.17, 15) is 4.79 Å². The van der Waals surface area contributed by atoms with Crippen molar-refractivity contribution >= 4 is 67.1 Å². The fourth-order valence-corrected chi connectivity index (χ4v) is 6.52. The number of amides is 1. The lowest BCUT2D eigenvalue weighted by molar-refractivity contribution is 0.103. The van der Waals surface area contributed by atoms with Crippen LogP contribution in [-0.4, -0.2) is 20.7 Å². The van der Waals surface area contributed by atoms with Gasteiger partial charge in [-0.1, -0.05) is 84.7 Å². The smallest absolute Gasteiger partial charge is 0.269 e. The van der Waals surface area contributed by atoms with Gasteiger partial charge in [0.1, 0.15) is 15.4 Å². The number of hydrogen-bond acceptors (Lipinski definition) is 5. The Hall–Kier alpha value is -3.49. The van der Waals surface area contributed by atoms with Crippen LogP contribution in [0.1, 0.15) is 22.2 Å². The van der Waals surface area contributed by atoms with Crippen LogP contribution >= 0.6 is 45.9 Å². The third-order valence-corrected chi connectivity index (χ3v) is 8.83. The third-order valence-electron chi connectivity index (χ3n) is 6.17. The van der Waals surface area contributed by atoms with Crippen LogP contribution in [0.15, 0.2) is 84.2 Å². The monoisotopic (exact) mass is 574 g/mol. The number of anilines is 1. The second-order valence-corrected chi connectivity index (χ2v) is 11.2. The van der Waals surface area contributed by atoms with Crippen molar-refractivity contribution in [2.24, 2.45) is 0 Å². The minimum Gasteiger partial charge on any atom is -0.297 e. The predicted molar refractivity (Wildman–Crippen MR) is 159 cm³/mol. The summed E-state index contributed by atoms with van der Waals surface area (Å²) in [6, 6.07) is 25.5. The number of thiophene rings is 1. The van der Waals surface area contributed by atoms with Crippen LogP contribution in [0.25, 0.3) is 38.4 Å². The highest BCUT2D eigenvalue weighted by Crippen LogP contribution is 2.43. The summed E-state index contributed by atoms with van der Waals surface area (Å²) in [5.74, 6) is -0.305. The molecule has 0 saturated carbocycles. The van der Waals surface area contributed by atoms with Crippen LogP contribution in [-0.2, 0) is 6.42 Å². The molecule has 6 aromatic rings. The molecule has 1 amide bonds. The third kappa shape index (κ3) is 4.63. The first-order valence-corrected chi connectivity index (χ1v) is 14.4. The second-order valence-electron chi connectivity index (χ2n) is 8.57. The molecule has 188 valence electrons. The van der Waals surface area contributed by atoms with Gasteiger partial charge >= 0.3 is 0 Å². The van der Waals surface area contributed by atoms with Crippen LogP contribution in [0.5, 0.6) is 0 Å². The molecule has 0 aliphatic rings. The molecule has 0 bridgehead atoms. The van der Waals surface area contributed by atoms with Crippen molar-refractivity contribution in [1.82, 2.24) is 14.8 Å². The lowest BCUT2D eigenvalue weighted by Crippen LogP contribution is -2.10. The van der Waals surface area contributed by atoms with Crippen molar-refractivity contribution < 1.29 is 4.79 Å². The van der Waals surface area contributed by atoms with Gasteiger partial charge in [0.15, 0.2) is 5.13 Å². The Morgan fingerprint density at radius 3 is 2.37 bits per heavy atom. The molecule has 0 aliphatic carbocycles. The van der Waals surface area contributed by atoms with Crippen molar-refractivity contribution in [3.8, 4) is 28.2 Å². The number of benzene rings is 3. The topological polar surface area (TPSA) is 59.8 Å². The van der Waals surface area contributed by atoms with Crippen molar-refractivity contribution in [2.45, 2.75) is 13.3 Å². The lowest BCUT2D eigenvalue weighted by atomic mass is 10.1. The molecule has 3 aromatic heterocycles. The predicted octanol–water partition coefficient (Wildman–Crippen LogP) is 9.00. The number of aryl methyl sites for hydroxylation is 1. The van der Waals surface area contributed by atoms with Crippen molar-refractivity contribution in [1.29, 1.82) is 0 Å². The summed E-state index contributed by atoms with van der Waals surface area (Å²) in [6.45, 7) is 2.13. The number of aromatic nitrogens is 3. The fourth-order valence-electron chi connectivity index (χ4n) is 4.18. The SMILES string of the molecule is CCc1ccc(-c2csc(NC(=O)c3sc4c(c(-c5ccc(Cl)cc5)nn4-c4ccccc4)c3Cl)n2)cc1. The highest BCUT2D eigenvalue weighted by Gasteiger charge is 2.26. The summed E-state index contributed by atoms with van der Waals surface area (Å²) >= 11 is 15.7. The van der Waals surface area contributed by atoms with Crippen LogP contribution in [0, 0.1) is 0 Å². The zero-order chi connectivity index (χ0) is 26.2. The molecule has 9 heteroatoms. The Labute approximate surface area is 237 Å². The fraction of sp³-hybridized carbons (Fsp3) is 0.0690. The number of nitrogens with zero attached hydrogens (tertiary/aromatic N) is 3. The van der Waals surface area contributed by atoms with Gasteiger partial charge in [-0.2, -0.15) is 5.10 Å². The van der Waals surface area contributed by atoms with Crippen LogP contribution in [0.4, 0.5) is 5.13 Å². The second kappa shape index (κ2) is 10.3. The van der Waals surface area contributed by atoms with E-state index >= 15 is 0 Å². The first-order valence-electron chi connectivity index (χ1n) is 11.9. The summed E-state index contributed by atoms with van der Waals surface area (Å²) in [6.07, 6.45) is 0.982. The van der Waals surface area contributed by atoms with Crippen LogP contribution in [0.2, 0.25) is 10.0 Å². The van der Waals surface area contributed by atoms with Gasteiger partial charge < -0.3 is 0 Å². The molecular formula is C29H20Cl2N4OS2. The van der Waals surface area contributed by atoms with Gasteiger partial charge in [-0.3, -0.25) is 10.1 Å². The molecule has 0 aliphatic heterocycles. The summed E-state index contributed by atoms with van der Waals surface area (Å²) < 4.78 is 1.83. The van der Waals surface area contributed by atoms with Gasteiger partial charge in [-0.15, -0.1) is 22.7 Å². The van der Waals surface area contributed by atoms with Gasteiger partial charge in [-0.25, -0.2) is 9.67 Å². The van der Waals surface area contributed by atoms with Crippen LogP contribution < -0.4 is 5.32 Å². The van der Waals surface area contributed by atoms with E-state index in [4.69, 9.17) is 28.3 Å². The van der Waals surface area contributed by atoms with E-state index in [-0.39, 0.29) is 5.91 Å². The molecule has 0 unspecified atom stereocenters. The number of rotatable bonds is 6. The molecular weight excluding hydrogens is 555 g/mol. The summed E-state index contributed by atoms with van der Waals surface area (Å²) in [5, 5.41) is 12.0. The molecule has 6 rings (SSSR count). The number of carbonyl (C=O) groups is 1. The van der Waals surface area contributed by atoms with E-state index in [1.807, 2.05) is 64.7 Å². The lowest BCUT2D eigenvalue weighted by Gasteiger charge is -2.03. The van der Waals surface area contributed by atoms with Gasteiger partial charge in [0.25, 0.3) is 5.91 Å². The zero-order valence-corrected chi connectivity index (χ0v) is 23.3. The molecule has 0 fully saturated rings. The number of thiazole rings is 1. The van der Waals surface area contributed by atoms with Crippen molar-refractivity contribution in [2.75, 3.05) is 5.32 Å². The normalized spacial score (nSPS) is 11.2. The van der Waals surface area contributed by atoms with E-state index in [0.29, 0.717) is 25.7 Å². The number of nitrogens with one attached hydrogen (secondary N) is 1. The van der Waals surface area contributed by atoms with Gasteiger partial charge in [0.05, 0.1) is 21.8 Å². The quantitative estimate of drug-likeness (QED) is 0.216. The minimum atomic E-state index is -0.305. The van der Waals surface area contributed by atoms with E-state index in [2.05, 4.69) is 41.5 Å². The number of halogens is 2. The number of fused-ring (bicyclic) bond motifs is 1. The average Bonchev–Trinajstić information content (AvgIpc) is 3.65. The summed E-state index contributed by atoms with van der Waals surface area (Å²) in [4.78, 5) is 19.2. The summed E-state index contributed by atoms with van der Waals surface area (Å²) in [7, 11) is 0. The van der Waals surface area contributed by atoms with Gasteiger partial charge in [0, 0.05) is 21.5 Å². The minimum absolute atomic E-state index is 0.305. The van der Waals surface area contributed by atoms with E-state index < -0.39 is 0 Å². The number of hydrogen-bond donors (Lipinski definition) is 1. The zero-order valence-electron chi connectivity index (χ0n) is 20.1. The maximum atomic E-state index is 13.4. The number of carbonyl (C=O) groups excluding carboxylic acids is 1. The van der Waals surface area contributed by atoms with E-state index in [1.165, 1.54) is 28.2 Å². The molecule has 3 aromatic carbocycles. The maximum absolute atomic E-state index is 13.4. The van der Waals surface area contributed by atoms with Crippen LogP contribution in [0.3, 0.4) is 0 Å². The first-order chi connectivity index (χ1) is 18.5. The summed E-state index contributed by atoms with van der Waals surface area (Å²) in [5.41, 5.74) is 5.52. The first kappa shape index (κ1) is 24.8.